The highest BCUT2D eigenvalue weighted by molar-refractivity contribution is 5.69. The lowest BCUT2D eigenvalue weighted by atomic mass is 10.1. The Morgan fingerprint density at radius 1 is 1.33 bits per heavy atom. The Hall–Kier alpha value is -2.77. The van der Waals surface area contributed by atoms with Gasteiger partial charge in [0.2, 0.25) is 0 Å². The molecular formula is C13H16N4O4. The van der Waals surface area contributed by atoms with Crippen molar-refractivity contribution in [2.24, 2.45) is 0 Å². The fraction of sp³-hybridized carbons (Fsp3) is 0.308. The van der Waals surface area contributed by atoms with E-state index in [2.05, 4.69) is 15.5 Å². The molecule has 0 aliphatic heterocycles. The number of methoxy groups -OCH3 is 2. The number of rotatable bonds is 6. The van der Waals surface area contributed by atoms with Gasteiger partial charge in [0.25, 0.3) is 5.69 Å². The van der Waals surface area contributed by atoms with E-state index < -0.39 is 4.92 Å². The van der Waals surface area contributed by atoms with Crippen molar-refractivity contribution >= 4 is 11.4 Å². The molecule has 0 spiro atoms. The SMILES string of the molecule is COc1cc(NC(C)c2cn[nH]c2)c([N+](=O)[O-])cc1OC. The van der Waals surface area contributed by atoms with E-state index in [4.69, 9.17) is 9.47 Å². The molecule has 8 nitrogen and oxygen atoms in total. The van der Waals surface area contributed by atoms with Crippen molar-refractivity contribution in [3.8, 4) is 11.5 Å². The molecule has 0 fully saturated rings. The van der Waals surface area contributed by atoms with Crippen LogP contribution in [-0.2, 0) is 0 Å². The van der Waals surface area contributed by atoms with Crippen molar-refractivity contribution in [2.45, 2.75) is 13.0 Å². The van der Waals surface area contributed by atoms with Crippen LogP contribution in [-0.4, -0.2) is 29.3 Å². The molecule has 0 aliphatic rings. The van der Waals surface area contributed by atoms with Gasteiger partial charge in [0.1, 0.15) is 5.69 Å². The Labute approximate surface area is 121 Å². The van der Waals surface area contributed by atoms with E-state index in [-0.39, 0.29) is 11.7 Å². The number of ether oxygens (including phenoxy) is 2. The van der Waals surface area contributed by atoms with Gasteiger partial charge < -0.3 is 14.8 Å². The first-order chi connectivity index (χ1) is 10.1. The van der Waals surface area contributed by atoms with E-state index in [0.29, 0.717) is 17.2 Å². The molecule has 112 valence electrons. The Kier molecular flexibility index (Phi) is 4.27. The molecule has 1 aromatic heterocycles. The maximum Gasteiger partial charge on any atom is 0.296 e. The third-order valence-electron chi connectivity index (χ3n) is 3.09. The summed E-state index contributed by atoms with van der Waals surface area (Å²) in [5.41, 5.74) is 1.16. The molecule has 2 aromatic rings. The van der Waals surface area contributed by atoms with Crippen LogP contribution in [0.2, 0.25) is 0 Å². The fourth-order valence-electron chi connectivity index (χ4n) is 1.95. The zero-order valence-electron chi connectivity index (χ0n) is 11.9. The molecule has 0 aliphatic carbocycles. The number of hydrogen-bond acceptors (Lipinski definition) is 6. The second kappa shape index (κ2) is 6.12. The highest BCUT2D eigenvalue weighted by Gasteiger charge is 2.21. The first kappa shape index (κ1) is 14.6. The molecule has 0 radical (unpaired) electrons. The molecule has 2 N–H and O–H groups in total. The number of aromatic amines is 1. The van der Waals surface area contributed by atoms with Crippen molar-refractivity contribution in [3.05, 3.63) is 40.2 Å². The van der Waals surface area contributed by atoms with Crippen LogP contribution in [0.25, 0.3) is 0 Å². The zero-order valence-corrected chi connectivity index (χ0v) is 11.9. The number of nitro groups is 1. The minimum Gasteiger partial charge on any atom is -0.493 e. The van der Waals surface area contributed by atoms with Crippen molar-refractivity contribution in [2.75, 3.05) is 19.5 Å². The van der Waals surface area contributed by atoms with Crippen LogP contribution < -0.4 is 14.8 Å². The lowest BCUT2D eigenvalue weighted by molar-refractivity contribution is -0.384. The van der Waals surface area contributed by atoms with Crippen LogP contribution in [0.1, 0.15) is 18.5 Å². The summed E-state index contributed by atoms with van der Waals surface area (Å²) in [5, 5.41) is 20.9. The molecule has 21 heavy (non-hydrogen) atoms. The van der Waals surface area contributed by atoms with Gasteiger partial charge in [-0.15, -0.1) is 0 Å². The van der Waals surface area contributed by atoms with Gasteiger partial charge in [-0.3, -0.25) is 15.2 Å². The van der Waals surface area contributed by atoms with Crippen molar-refractivity contribution in [1.82, 2.24) is 10.2 Å². The number of H-pyrrole nitrogens is 1. The molecule has 0 bridgehead atoms. The second-order valence-electron chi connectivity index (χ2n) is 4.38. The zero-order chi connectivity index (χ0) is 15.4. The molecule has 1 atom stereocenters. The Morgan fingerprint density at radius 2 is 2.00 bits per heavy atom. The van der Waals surface area contributed by atoms with Gasteiger partial charge in [0.05, 0.1) is 37.4 Å². The quantitative estimate of drug-likeness (QED) is 0.626. The van der Waals surface area contributed by atoms with Crippen LogP contribution in [0, 0.1) is 10.1 Å². The monoisotopic (exact) mass is 292 g/mol. The molecule has 8 heteroatoms. The summed E-state index contributed by atoms with van der Waals surface area (Å²) in [6.07, 6.45) is 3.38. The molecule has 0 saturated heterocycles. The lowest BCUT2D eigenvalue weighted by Gasteiger charge is -2.16. The van der Waals surface area contributed by atoms with Gasteiger partial charge in [-0.05, 0) is 6.92 Å². The first-order valence-electron chi connectivity index (χ1n) is 6.22. The van der Waals surface area contributed by atoms with E-state index in [9.17, 15) is 10.1 Å². The average molecular weight is 292 g/mol. The Bertz CT molecular complexity index is 627. The number of anilines is 1. The first-order valence-corrected chi connectivity index (χ1v) is 6.22. The fourth-order valence-corrected chi connectivity index (χ4v) is 1.95. The molecule has 0 amide bonds. The standard InChI is InChI=1S/C13H16N4O4/c1-8(9-6-14-15-7-9)16-10-4-12(20-2)13(21-3)5-11(10)17(18)19/h4-8,16H,1-3H3,(H,14,15). The van der Waals surface area contributed by atoms with Crippen LogP contribution >= 0.6 is 0 Å². The highest BCUT2D eigenvalue weighted by Crippen LogP contribution is 2.38. The number of aromatic nitrogens is 2. The normalized spacial score (nSPS) is 11.8. The number of benzene rings is 1. The third kappa shape index (κ3) is 3.04. The summed E-state index contributed by atoms with van der Waals surface area (Å²) in [5.74, 6) is 0.732. The van der Waals surface area contributed by atoms with E-state index in [1.165, 1.54) is 20.3 Å². The molecule has 2 rings (SSSR count). The summed E-state index contributed by atoms with van der Waals surface area (Å²) in [7, 11) is 2.91. The third-order valence-corrected chi connectivity index (χ3v) is 3.09. The number of nitrogens with one attached hydrogen (secondary N) is 2. The van der Waals surface area contributed by atoms with Crippen LogP contribution in [0.3, 0.4) is 0 Å². The molecule has 1 aromatic carbocycles. The van der Waals surface area contributed by atoms with Gasteiger partial charge in [-0.1, -0.05) is 0 Å². The molecule has 1 heterocycles. The van der Waals surface area contributed by atoms with Crippen LogP contribution in [0.15, 0.2) is 24.5 Å². The lowest BCUT2D eigenvalue weighted by Crippen LogP contribution is -2.08. The minimum atomic E-state index is -0.466. The van der Waals surface area contributed by atoms with Crippen LogP contribution in [0.5, 0.6) is 11.5 Å². The van der Waals surface area contributed by atoms with Crippen molar-refractivity contribution in [3.63, 3.8) is 0 Å². The topological polar surface area (TPSA) is 102 Å². The molecular weight excluding hydrogens is 276 g/mol. The second-order valence-corrected chi connectivity index (χ2v) is 4.38. The summed E-state index contributed by atoms with van der Waals surface area (Å²) in [6.45, 7) is 1.88. The predicted octanol–water partition coefficient (Wildman–Crippen LogP) is 2.51. The van der Waals surface area contributed by atoms with Crippen molar-refractivity contribution in [1.29, 1.82) is 0 Å². The van der Waals surface area contributed by atoms with Gasteiger partial charge >= 0.3 is 0 Å². The number of nitrogens with zero attached hydrogens (tertiary/aromatic N) is 2. The van der Waals surface area contributed by atoms with Gasteiger partial charge in [-0.2, -0.15) is 5.10 Å². The van der Waals surface area contributed by atoms with Gasteiger partial charge in [0, 0.05) is 17.8 Å². The maximum atomic E-state index is 11.2. The molecule has 1 unspecified atom stereocenters. The maximum absolute atomic E-state index is 11.2. The van der Waals surface area contributed by atoms with E-state index >= 15 is 0 Å². The summed E-state index contributed by atoms with van der Waals surface area (Å²) in [6, 6.07) is 2.73. The van der Waals surface area contributed by atoms with E-state index in [0.717, 1.165) is 5.56 Å². The summed E-state index contributed by atoms with van der Waals surface area (Å²) >= 11 is 0. The van der Waals surface area contributed by atoms with E-state index in [1.54, 1.807) is 18.5 Å². The van der Waals surface area contributed by atoms with Crippen molar-refractivity contribution < 1.29 is 14.4 Å². The summed E-state index contributed by atoms with van der Waals surface area (Å²) < 4.78 is 10.3. The van der Waals surface area contributed by atoms with Crippen LogP contribution in [0.4, 0.5) is 11.4 Å². The predicted molar refractivity (Wildman–Crippen MR) is 76.8 cm³/mol. The summed E-state index contributed by atoms with van der Waals surface area (Å²) in [4.78, 5) is 10.7. The smallest absolute Gasteiger partial charge is 0.296 e. The largest absolute Gasteiger partial charge is 0.493 e. The Balaban J connectivity index is 2.39. The average Bonchev–Trinajstić information content (AvgIpc) is 3.00. The molecule has 0 saturated carbocycles. The van der Waals surface area contributed by atoms with E-state index in [1.807, 2.05) is 6.92 Å². The highest BCUT2D eigenvalue weighted by atomic mass is 16.6. The Morgan fingerprint density at radius 3 is 2.52 bits per heavy atom. The van der Waals surface area contributed by atoms with Gasteiger partial charge in [-0.25, -0.2) is 0 Å². The number of nitro benzene ring substituents is 1. The minimum absolute atomic E-state index is 0.0806. The van der Waals surface area contributed by atoms with Gasteiger partial charge in [0.15, 0.2) is 11.5 Å². The number of hydrogen-bond donors (Lipinski definition) is 2.